The molecule has 0 aliphatic rings. The zero-order chi connectivity index (χ0) is 28.5. The van der Waals surface area contributed by atoms with Crippen molar-refractivity contribution in [1.29, 1.82) is 0 Å². The van der Waals surface area contributed by atoms with Gasteiger partial charge >= 0.3 is 0 Å². The van der Waals surface area contributed by atoms with E-state index in [9.17, 15) is 5.11 Å². The summed E-state index contributed by atoms with van der Waals surface area (Å²) in [5, 5.41) is 9.72. The number of hydrogen-bond acceptors (Lipinski definition) is 3. The molecule has 0 heterocycles. The number of rotatable bonds is 34. The van der Waals surface area contributed by atoms with Gasteiger partial charge < -0.3 is 14.6 Å². The molecule has 1 N–H and O–H groups in total. The normalized spacial score (nSPS) is 13.2. The van der Waals surface area contributed by atoms with Crippen LogP contribution in [0.4, 0.5) is 0 Å². The topological polar surface area (TPSA) is 38.7 Å². The van der Waals surface area contributed by atoms with Crippen molar-refractivity contribution in [3.63, 3.8) is 0 Å². The highest BCUT2D eigenvalue weighted by atomic mass is 31.0. The predicted octanol–water partition coefficient (Wildman–Crippen LogP) is 11.5. The van der Waals surface area contributed by atoms with Crippen molar-refractivity contribution in [2.75, 3.05) is 19.8 Å². The second-order valence-corrected chi connectivity index (χ2v) is 12.8. The van der Waals surface area contributed by atoms with Gasteiger partial charge in [-0.3, -0.25) is 0 Å². The Morgan fingerprint density at radius 1 is 0.410 bits per heavy atom. The van der Waals surface area contributed by atoms with E-state index in [0.717, 1.165) is 26.1 Å². The Kier molecular flexibility index (Phi) is 34.8. The minimum absolute atomic E-state index is 0.0332. The fourth-order valence-corrected chi connectivity index (χ4v) is 5.78. The molecular weight excluding hydrogens is 499 g/mol. The van der Waals surface area contributed by atoms with E-state index in [1.54, 1.807) is 0 Å². The van der Waals surface area contributed by atoms with Crippen LogP contribution in [0.3, 0.4) is 0 Å². The van der Waals surface area contributed by atoms with E-state index in [0.29, 0.717) is 0 Å². The molecule has 0 bridgehead atoms. The lowest BCUT2D eigenvalue weighted by Gasteiger charge is -2.22. The summed E-state index contributed by atoms with van der Waals surface area (Å²) in [7, 11) is 2.73. The zero-order valence-electron chi connectivity index (χ0n) is 26.9. The Labute approximate surface area is 248 Å². The van der Waals surface area contributed by atoms with Gasteiger partial charge in [-0.05, 0) is 12.8 Å². The summed E-state index contributed by atoms with van der Waals surface area (Å²) in [6.45, 7) is 6.11. The van der Waals surface area contributed by atoms with Crippen molar-refractivity contribution < 1.29 is 14.6 Å². The van der Waals surface area contributed by atoms with Gasteiger partial charge in [-0.15, -0.1) is 9.24 Å². The van der Waals surface area contributed by atoms with Crippen LogP contribution in [-0.2, 0) is 9.47 Å². The third-order valence-electron chi connectivity index (χ3n) is 8.18. The molecule has 0 saturated heterocycles. The van der Waals surface area contributed by atoms with E-state index < -0.39 is 0 Å². The maximum absolute atomic E-state index is 9.72. The molecule has 0 rings (SSSR count). The minimum atomic E-state index is -0.219. The fourth-order valence-electron chi connectivity index (χ4n) is 5.41. The molecule has 0 saturated carbocycles. The molecule has 4 heteroatoms. The first-order valence-electron chi connectivity index (χ1n) is 17.9. The molecule has 0 radical (unpaired) electrons. The summed E-state index contributed by atoms with van der Waals surface area (Å²) in [6, 6.07) is 0. The van der Waals surface area contributed by atoms with E-state index in [2.05, 4.69) is 23.1 Å². The molecule has 3 atom stereocenters. The predicted molar refractivity (Wildman–Crippen MR) is 177 cm³/mol. The van der Waals surface area contributed by atoms with Crippen LogP contribution in [-0.4, -0.2) is 36.9 Å². The minimum Gasteiger partial charge on any atom is -0.394 e. The SMILES string of the molecule is CCCCCCCCCCCCCCCCOC(P)C(CO)OCCCCCCCCCCCCCCCC. The number of hydrogen-bond donors (Lipinski definition) is 1. The molecule has 39 heavy (non-hydrogen) atoms. The smallest absolute Gasteiger partial charge is 0.110 e. The average Bonchev–Trinajstić information content (AvgIpc) is 2.95. The van der Waals surface area contributed by atoms with Crippen molar-refractivity contribution in [1.82, 2.24) is 0 Å². The first kappa shape index (κ1) is 39.3. The molecule has 236 valence electrons. The monoisotopic (exact) mass is 573 g/mol. The molecule has 0 fully saturated rings. The fraction of sp³-hybridized carbons (Fsp3) is 1.00. The van der Waals surface area contributed by atoms with Crippen molar-refractivity contribution in [3.05, 3.63) is 0 Å². The lowest BCUT2D eigenvalue weighted by Crippen LogP contribution is -2.31. The quantitative estimate of drug-likeness (QED) is 0.0615. The van der Waals surface area contributed by atoms with Crippen LogP contribution in [0.5, 0.6) is 0 Å². The first-order chi connectivity index (χ1) is 19.3. The van der Waals surface area contributed by atoms with Crippen LogP contribution in [0, 0.1) is 0 Å². The molecule has 3 nitrogen and oxygen atoms in total. The van der Waals surface area contributed by atoms with E-state index in [1.165, 1.54) is 167 Å². The second kappa shape index (κ2) is 34.5. The number of aliphatic hydroxyl groups is 1. The lowest BCUT2D eigenvalue weighted by molar-refractivity contribution is -0.0589. The Bertz CT molecular complexity index is 434. The largest absolute Gasteiger partial charge is 0.394 e. The van der Waals surface area contributed by atoms with E-state index >= 15 is 0 Å². The average molecular weight is 573 g/mol. The van der Waals surface area contributed by atoms with Gasteiger partial charge in [0.05, 0.1) is 12.5 Å². The summed E-state index contributed by atoms with van der Waals surface area (Å²) < 4.78 is 11.9. The Balaban J connectivity index is 3.39. The summed E-state index contributed by atoms with van der Waals surface area (Å²) in [5.74, 6) is -0.108. The summed E-state index contributed by atoms with van der Waals surface area (Å²) in [6.07, 6.45) is 38.2. The van der Waals surface area contributed by atoms with Crippen LogP contribution in [0.2, 0.25) is 0 Å². The Hall–Kier alpha value is 0.310. The standard InChI is InChI=1S/C35H73O3P/c1-3-5-7-9-11-13-15-17-19-21-23-25-27-29-31-37-34(33-36)35(39)38-32-30-28-26-24-22-20-18-16-14-12-10-8-6-4-2/h34-36H,3-33,39H2,1-2H3. The second-order valence-electron chi connectivity index (χ2n) is 12.1. The molecule has 0 aliphatic carbocycles. The van der Waals surface area contributed by atoms with Gasteiger partial charge in [-0.1, -0.05) is 181 Å². The van der Waals surface area contributed by atoms with Crippen LogP contribution >= 0.6 is 9.24 Å². The maximum atomic E-state index is 9.72. The molecule has 0 spiro atoms. The third kappa shape index (κ3) is 31.1. The van der Waals surface area contributed by atoms with Gasteiger partial charge in [0, 0.05) is 13.2 Å². The molecular formula is C35H73O3P. The van der Waals surface area contributed by atoms with Crippen molar-refractivity contribution in [3.8, 4) is 0 Å². The van der Waals surface area contributed by atoms with Crippen LogP contribution < -0.4 is 0 Å². The highest BCUT2D eigenvalue weighted by Crippen LogP contribution is 2.17. The number of ether oxygens (including phenoxy) is 2. The van der Waals surface area contributed by atoms with Crippen molar-refractivity contribution >= 4 is 9.24 Å². The lowest BCUT2D eigenvalue weighted by atomic mass is 10.0. The van der Waals surface area contributed by atoms with Crippen LogP contribution in [0.1, 0.15) is 194 Å². The molecule has 0 aromatic carbocycles. The molecule has 0 amide bonds. The van der Waals surface area contributed by atoms with Gasteiger partial charge in [0.1, 0.15) is 6.10 Å². The summed E-state index contributed by atoms with van der Waals surface area (Å²) in [4.78, 5) is 0. The Morgan fingerprint density at radius 3 is 0.949 bits per heavy atom. The number of aliphatic hydroxyl groups excluding tert-OH is 1. The third-order valence-corrected chi connectivity index (χ3v) is 8.81. The Morgan fingerprint density at radius 2 is 0.667 bits per heavy atom. The van der Waals surface area contributed by atoms with Gasteiger partial charge in [0.2, 0.25) is 0 Å². The molecule has 0 aromatic heterocycles. The maximum Gasteiger partial charge on any atom is 0.110 e. The van der Waals surface area contributed by atoms with E-state index in [-0.39, 0.29) is 18.6 Å². The molecule has 3 unspecified atom stereocenters. The highest BCUT2D eigenvalue weighted by molar-refractivity contribution is 7.17. The van der Waals surface area contributed by atoms with Gasteiger partial charge in [-0.25, -0.2) is 0 Å². The van der Waals surface area contributed by atoms with Crippen LogP contribution in [0.25, 0.3) is 0 Å². The zero-order valence-corrected chi connectivity index (χ0v) is 28.1. The van der Waals surface area contributed by atoms with Gasteiger partial charge in [-0.2, -0.15) is 0 Å². The van der Waals surface area contributed by atoms with Crippen LogP contribution in [0.15, 0.2) is 0 Å². The van der Waals surface area contributed by atoms with E-state index in [4.69, 9.17) is 9.47 Å². The van der Waals surface area contributed by atoms with Crippen molar-refractivity contribution in [2.24, 2.45) is 0 Å². The van der Waals surface area contributed by atoms with E-state index in [1.807, 2.05) is 0 Å². The first-order valence-corrected chi connectivity index (χ1v) is 18.5. The van der Waals surface area contributed by atoms with Gasteiger partial charge in [0.25, 0.3) is 0 Å². The van der Waals surface area contributed by atoms with Gasteiger partial charge in [0.15, 0.2) is 0 Å². The molecule has 0 aromatic rings. The summed E-state index contributed by atoms with van der Waals surface area (Å²) >= 11 is 0. The highest BCUT2D eigenvalue weighted by Gasteiger charge is 2.17. The molecule has 0 aliphatic heterocycles. The number of unbranched alkanes of at least 4 members (excludes halogenated alkanes) is 26. The van der Waals surface area contributed by atoms with Crippen molar-refractivity contribution in [2.45, 2.75) is 206 Å². The summed E-state index contributed by atoms with van der Waals surface area (Å²) in [5.41, 5.74) is 0.